The summed E-state index contributed by atoms with van der Waals surface area (Å²) in [6.45, 7) is 18.0. The number of pyridine rings is 2. The number of anilines is 2. The first-order valence-corrected chi connectivity index (χ1v) is 23.7. The molecule has 2 aromatic heterocycles. The monoisotopic (exact) mass is 823 g/mol. The maximum Gasteiger partial charge on any atom is 0.0613 e. The van der Waals surface area contributed by atoms with Gasteiger partial charge in [-0.05, 0) is 143 Å². The van der Waals surface area contributed by atoms with E-state index in [1.165, 1.54) is 69.0 Å². The van der Waals surface area contributed by atoms with E-state index in [2.05, 4.69) is 130 Å². The van der Waals surface area contributed by atoms with Gasteiger partial charge in [0.25, 0.3) is 0 Å². The topological polar surface area (TPSA) is 86.9 Å². The maximum atomic E-state index is 5.19. The van der Waals surface area contributed by atoms with Crippen molar-refractivity contribution < 1.29 is 0 Å². The molecule has 0 spiro atoms. The number of hydrogen-bond donors (Lipinski definition) is 4. The fourth-order valence-corrected chi connectivity index (χ4v) is 12.1. The van der Waals surface area contributed by atoms with Gasteiger partial charge in [-0.15, -0.1) is 0 Å². The summed E-state index contributed by atoms with van der Waals surface area (Å²) < 4.78 is 0. The van der Waals surface area contributed by atoms with E-state index in [0.29, 0.717) is 30.1 Å². The van der Waals surface area contributed by atoms with Gasteiger partial charge in [-0.1, -0.05) is 30.3 Å². The Morgan fingerprint density at radius 1 is 0.738 bits per heavy atom. The van der Waals surface area contributed by atoms with E-state index in [-0.39, 0.29) is 5.54 Å². The lowest BCUT2D eigenvalue weighted by molar-refractivity contribution is 0.187. The molecule has 1 unspecified atom stereocenters. The van der Waals surface area contributed by atoms with Crippen LogP contribution in [0.3, 0.4) is 0 Å². The van der Waals surface area contributed by atoms with Gasteiger partial charge < -0.3 is 31.1 Å². The summed E-state index contributed by atoms with van der Waals surface area (Å²) in [6.07, 6.45) is 12.0. The first kappa shape index (κ1) is 41.1. The Morgan fingerprint density at radius 2 is 1.48 bits per heavy atom. The quantitative estimate of drug-likeness (QED) is 0.161. The van der Waals surface area contributed by atoms with Crippen LogP contribution in [0.1, 0.15) is 113 Å². The Kier molecular flexibility index (Phi) is 11.7. The molecule has 4 aliphatic heterocycles. The van der Waals surface area contributed by atoms with Gasteiger partial charge in [0.1, 0.15) is 0 Å². The summed E-state index contributed by atoms with van der Waals surface area (Å²) in [5.41, 5.74) is 17.3. The standard InChI is InChI=1S/C51H70N10/c1-34-23-35-9-6-13-46(49(35)56-28-34)58(4)31-40-27-44-38(30-55-40)24-37(25-48(44)60-20-17-52-18-21-60)41-14-15-47(50-42(41)11-8-16-53-50)59(5)32-39-26-43-36(29-54-39)10-7-12-45(43)61-22-19-57-51(2,3)33-61/h7-8,10-12,16,23-25,28,39-41,46-47,52,54-55,57H,6,9,13-15,17-22,26-27,29-33H2,1-5H3/t39-,40+,41?,46+,47+/m1/s1. The summed E-state index contributed by atoms with van der Waals surface area (Å²) in [5.74, 6) is 0.345. The lowest BCUT2D eigenvalue weighted by Gasteiger charge is -2.43. The van der Waals surface area contributed by atoms with Crippen molar-refractivity contribution >= 4 is 11.4 Å². The number of nitrogens with zero attached hydrogens (tertiary/aromatic N) is 6. The highest BCUT2D eigenvalue weighted by Crippen LogP contribution is 2.45. The SMILES string of the molecule is Cc1cnc2c(c1)CCC[C@@H]2N(C)C[C@@H]1Cc2c(cc(C3CC[C@H](N(C)C[C@H]4Cc5c(cccc5N5CCNC(C)(C)C5)CN4)c4ncccc43)cc2N2CCNCC2)CN1. The number of nitrogens with one attached hydrogen (secondary N) is 4. The molecule has 0 saturated carbocycles. The molecular weight excluding hydrogens is 753 g/mol. The van der Waals surface area contributed by atoms with E-state index in [1.54, 1.807) is 11.1 Å². The number of aromatic nitrogens is 2. The van der Waals surface area contributed by atoms with Gasteiger partial charge in [0, 0.05) is 119 Å². The van der Waals surface area contributed by atoms with Crippen molar-refractivity contribution in [2.45, 2.75) is 114 Å². The lowest BCUT2D eigenvalue weighted by atomic mass is 9.77. The molecule has 0 bridgehead atoms. The molecule has 6 aliphatic rings. The fraction of sp³-hybridized carbons (Fsp3) is 0.569. The molecule has 324 valence electrons. The Labute approximate surface area is 365 Å². The summed E-state index contributed by atoms with van der Waals surface area (Å²) in [5, 5.41) is 15.3. The third-order valence-corrected chi connectivity index (χ3v) is 15.2. The van der Waals surface area contributed by atoms with Crippen molar-refractivity contribution in [1.29, 1.82) is 0 Å². The normalized spacial score (nSPS) is 26.1. The van der Waals surface area contributed by atoms with E-state index in [4.69, 9.17) is 9.97 Å². The van der Waals surface area contributed by atoms with Gasteiger partial charge in [-0.25, -0.2) is 0 Å². The second-order valence-corrected chi connectivity index (χ2v) is 20.1. The summed E-state index contributed by atoms with van der Waals surface area (Å²) in [7, 11) is 4.67. The molecular formula is C51H70N10. The molecule has 0 radical (unpaired) electrons. The first-order valence-electron chi connectivity index (χ1n) is 23.7. The van der Waals surface area contributed by atoms with Crippen molar-refractivity contribution in [1.82, 2.24) is 41.0 Å². The maximum absolute atomic E-state index is 5.19. The van der Waals surface area contributed by atoms with Crippen LogP contribution in [0.5, 0.6) is 0 Å². The highest BCUT2D eigenvalue weighted by molar-refractivity contribution is 5.62. The van der Waals surface area contributed by atoms with Crippen LogP contribution in [0.2, 0.25) is 0 Å². The largest absolute Gasteiger partial charge is 0.369 e. The number of fused-ring (bicyclic) bond motifs is 4. The molecule has 10 nitrogen and oxygen atoms in total. The van der Waals surface area contributed by atoms with Crippen molar-refractivity contribution in [2.75, 3.05) is 82.8 Å². The van der Waals surface area contributed by atoms with E-state index >= 15 is 0 Å². The summed E-state index contributed by atoms with van der Waals surface area (Å²) in [4.78, 5) is 20.7. The molecule has 4 aromatic rings. The van der Waals surface area contributed by atoms with Crippen LogP contribution in [-0.2, 0) is 32.4 Å². The van der Waals surface area contributed by atoms with E-state index in [9.17, 15) is 0 Å². The fourth-order valence-electron chi connectivity index (χ4n) is 12.1. The number of likely N-dealkylation sites (N-methyl/N-ethyl adjacent to an activating group) is 2. The van der Waals surface area contributed by atoms with Crippen LogP contribution < -0.4 is 31.1 Å². The van der Waals surface area contributed by atoms with Gasteiger partial charge in [-0.2, -0.15) is 0 Å². The van der Waals surface area contributed by atoms with Crippen LogP contribution >= 0.6 is 0 Å². The minimum atomic E-state index is 0.121. The van der Waals surface area contributed by atoms with Crippen molar-refractivity contribution in [2.24, 2.45) is 0 Å². The zero-order valence-electron chi connectivity index (χ0n) is 37.6. The first-order chi connectivity index (χ1) is 29.7. The molecule has 61 heavy (non-hydrogen) atoms. The Morgan fingerprint density at radius 3 is 2.26 bits per heavy atom. The Balaban J connectivity index is 0.868. The number of rotatable bonds is 9. The molecule has 6 heterocycles. The van der Waals surface area contributed by atoms with Crippen molar-refractivity contribution in [3.05, 3.63) is 117 Å². The van der Waals surface area contributed by atoms with Gasteiger partial charge in [0.05, 0.1) is 23.5 Å². The summed E-state index contributed by atoms with van der Waals surface area (Å²) in [6, 6.07) is 20.6. The van der Waals surface area contributed by atoms with Crippen LogP contribution in [-0.4, -0.2) is 110 Å². The third-order valence-electron chi connectivity index (χ3n) is 15.2. The lowest BCUT2D eigenvalue weighted by Crippen LogP contribution is -2.57. The molecule has 2 aliphatic carbocycles. The summed E-state index contributed by atoms with van der Waals surface area (Å²) >= 11 is 0. The van der Waals surface area contributed by atoms with E-state index in [0.717, 1.165) is 104 Å². The van der Waals surface area contributed by atoms with Gasteiger partial charge in [0.2, 0.25) is 0 Å². The van der Waals surface area contributed by atoms with E-state index < -0.39 is 0 Å². The van der Waals surface area contributed by atoms with E-state index in [1.807, 2.05) is 6.20 Å². The van der Waals surface area contributed by atoms with Crippen LogP contribution in [0.15, 0.2) is 60.9 Å². The number of aryl methyl sites for hydroxylation is 2. The highest BCUT2D eigenvalue weighted by Gasteiger charge is 2.36. The second-order valence-electron chi connectivity index (χ2n) is 20.1. The predicted molar refractivity (Wildman–Crippen MR) is 249 cm³/mol. The molecule has 10 rings (SSSR count). The van der Waals surface area contributed by atoms with Crippen molar-refractivity contribution in [3.63, 3.8) is 0 Å². The predicted octanol–water partition coefficient (Wildman–Crippen LogP) is 6.02. The number of benzene rings is 2. The molecule has 2 fully saturated rings. The molecule has 5 atom stereocenters. The minimum Gasteiger partial charge on any atom is -0.369 e. The van der Waals surface area contributed by atoms with Crippen LogP contribution in [0, 0.1) is 6.92 Å². The van der Waals surface area contributed by atoms with Gasteiger partial charge >= 0.3 is 0 Å². The molecule has 2 saturated heterocycles. The zero-order chi connectivity index (χ0) is 41.7. The van der Waals surface area contributed by atoms with Gasteiger partial charge in [0.15, 0.2) is 0 Å². The zero-order valence-corrected chi connectivity index (χ0v) is 37.6. The highest BCUT2D eigenvalue weighted by atomic mass is 15.2. The van der Waals surface area contributed by atoms with Crippen molar-refractivity contribution in [3.8, 4) is 0 Å². The molecule has 2 aromatic carbocycles. The molecule has 4 N–H and O–H groups in total. The van der Waals surface area contributed by atoms with Crippen LogP contribution in [0.25, 0.3) is 0 Å². The number of piperazine rings is 2. The minimum absolute atomic E-state index is 0.121. The smallest absolute Gasteiger partial charge is 0.0613 e. The second kappa shape index (κ2) is 17.3. The molecule has 10 heteroatoms. The third kappa shape index (κ3) is 8.49. The Bertz CT molecular complexity index is 2200. The average molecular weight is 823 g/mol. The van der Waals surface area contributed by atoms with Gasteiger partial charge in [-0.3, -0.25) is 19.8 Å². The Hall–Kier alpha value is -3.90. The molecule has 0 amide bonds. The average Bonchev–Trinajstić information content (AvgIpc) is 3.27. The van der Waals surface area contributed by atoms with Crippen LogP contribution in [0.4, 0.5) is 11.4 Å². The number of hydrogen-bond acceptors (Lipinski definition) is 10.